The molecule has 0 aromatic heterocycles. The van der Waals surface area contributed by atoms with Crippen molar-refractivity contribution < 1.29 is 71.8 Å². The zero-order valence-corrected chi connectivity index (χ0v) is 24.5. The zero-order chi connectivity index (χ0) is 25.6. The lowest BCUT2D eigenvalue weighted by Crippen LogP contribution is -2.41. The van der Waals surface area contributed by atoms with Gasteiger partial charge < -0.3 is 79.7 Å². The van der Waals surface area contributed by atoms with E-state index in [0.29, 0.717) is 9.80 Å². The van der Waals surface area contributed by atoms with Gasteiger partial charge in [-0.15, -0.1) is 0 Å². The van der Waals surface area contributed by atoms with Gasteiger partial charge in [0.1, 0.15) is 31.4 Å². The molecule has 0 aliphatic rings. The van der Waals surface area contributed by atoms with Crippen molar-refractivity contribution >= 4 is 38.0 Å². The van der Waals surface area contributed by atoms with E-state index in [-0.39, 0.29) is 30.8 Å². The van der Waals surface area contributed by atoms with Gasteiger partial charge in [-0.2, -0.15) is 0 Å². The van der Waals surface area contributed by atoms with Crippen molar-refractivity contribution in [3.8, 4) is 0 Å². The van der Waals surface area contributed by atoms with Crippen molar-refractivity contribution in [2.24, 2.45) is 0 Å². The van der Waals surface area contributed by atoms with Gasteiger partial charge in [0.25, 0.3) is 0 Å². The fourth-order valence-corrected chi connectivity index (χ4v) is 6.66. The first-order chi connectivity index (χ1) is 13.9. The molecule has 28 heteroatoms. The Morgan fingerprint density at radius 2 is 0.459 bits per heavy atom. The maximum atomic E-state index is 11.4. The van der Waals surface area contributed by atoms with E-state index in [0.717, 1.165) is 4.90 Å². The smallest absolute Gasteiger partial charge is 0.339 e. The van der Waals surface area contributed by atoms with E-state index in [2.05, 4.69) is 0 Å². The van der Waals surface area contributed by atoms with Gasteiger partial charge in [0.2, 0.25) is 0 Å². The van der Waals surface area contributed by atoms with Crippen LogP contribution in [-0.2, 0) is 22.8 Å². The first-order valence-corrected chi connectivity index (χ1v) is 17.3. The number of rotatable bonds is 16. The molecule has 234 valence electrons. The maximum Gasteiger partial charge on any atom is 0.339 e. The highest BCUT2D eigenvalue weighted by Crippen LogP contribution is 2.42. The first-order valence-electron chi connectivity index (χ1n) is 8.34. The van der Waals surface area contributed by atoms with E-state index in [1.54, 1.807) is 0 Å². The Morgan fingerprint density at radius 3 is 0.622 bits per heavy atom. The average molecular weight is 658 g/mol. The van der Waals surface area contributed by atoms with Crippen LogP contribution in [0.4, 0.5) is 0 Å². The summed E-state index contributed by atoms with van der Waals surface area (Å²) in [5, 5.41) is 0. The van der Waals surface area contributed by atoms with Crippen LogP contribution in [0.15, 0.2) is 0 Å². The summed E-state index contributed by atoms with van der Waals surface area (Å²) in [5.41, 5.74) is 0. The second kappa shape index (κ2) is 19.5. The lowest BCUT2D eigenvalue weighted by molar-refractivity contribution is 0.198. The van der Waals surface area contributed by atoms with Crippen LogP contribution >= 0.6 is 38.0 Å². The molecular formula is C9H43N8O15P5. The summed E-state index contributed by atoms with van der Waals surface area (Å²) in [6.45, 7) is -1.78. The Morgan fingerprint density at radius 1 is 0.324 bits per heavy atom. The highest BCUT2D eigenvalue weighted by molar-refractivity contribution is 7.53. The van der Waals surface area contributed by atoms with Crippen LogP contribution in [0.5, 0.6) is 0 Å². The number of hydrogen-bond donors (Lipinski definition) is 15. The van der Waals surface area contributed by atoms with Gasteiger partial charge in [-0.1, -0.05) is 0 Å². The predicted molar refractivity (Wildman–Crippen MR) is 135 cm³/mol. The molecule has 0 aliphatic heterocycles. The third-order valence-electron chi connectivity index (χ3n) is 3.39. The Balaban J connectivity index is -0.000000480. The summed E-state index contributed by atoms with van der Waals surface area (Å²) >= 11 is 0. The molecule has 0 amide bonds. The summed E-state index contributed by atoms with van der Waals surface area (Å²) in [4.78, 5) is 93.2. The van der Waals surface area contributed by atoms with Crippen molar-refractivity contribution in [2.75, 3.05) is 57.6 Å². The highest BCUT2D eigenvalue weighted by Gasteiger charge is 2.29. The SMILES string of the molecule is N.N.N.N.N.O=P(O)(O)CN(CCN(CP(=O)(O)O)CP(=O)(O)O)CCN(CP(=O)(O)O)CP(=O)(O)O. The lowest BCUT2D eigenvalue weighted by atomic mass is 10.4. The summed E-state index contributed by atoms with van der Waals surface area (Å²) in [7, 11) is -23.8. The molecule has 0 aliphatic carbocycles. The normalized spacial score (nSPS) is 12.7. The van der Waals surface area contributed by atoms with Crippen molar-refractivity contribution in [2.45, 2.75) is 0 Å². The van der Waals surface area contributed by atoms with Gasteiger partial charge in [-0.05, 0) is 0 Å². The van der Waals surface area contributed by atoms with E-state index in [1.807, 2.05) is 0 Å². The van der Waals surface area contributed by atoms with Gasteiger partial charge in [-0.25, -0.2) is 0 Å². The summed E-state index contributed by atoms with van der Waals surface area (Å²) in [5.74, 6) is 0. The Hall–Kier alpha value is 0.430. The average Bonchev–Trinajstić information content (AvgIpc) is 2.41. The molecule has 23 nitrogen and oxygen atoms in total. The molecular weight excluding hydrogens is 615 g/mol. The van der Waals surface area contributed by atoms with Gasteiger partial charge >= 0.3 is 38.0 Å². The number of nitrogens with zero attached hydrogens (tertiary/aromatic N) is 3. The minimum absolute atomic E-state index is 0. The molecule has 0 spiro atoms. The monoisotopic (exact) mass is 658 g/mol. The molecule has 0 fully saturated rings. The van der Waals surface area contributed by atoms with Crippen molar-refractivity contribution in [3.05, 3.63) is 0 Å². The molecule has 0 bridgehead atoms. The maximum absolute atomic E-state index is 11.4. The summed E-state index contributed by atoms with van der Waals surface area (Å²) in [6.07, 6.45) is -5.21. The third-order valence-corrected chi connectivity index (χ3v) is 7.23. The van der Waals surface area contributed by atoms with Crippen molar-refractivity contribution in [1.82, 2.24) is 45.5 Å². The molecule has 0 saturated carbocycles. The van der Waals surface area contributed by atoms with Gasteiger partial charge in [0.15, 0.2) is 0 Å². The second-order valence-corrected chi connectivity index (χ2v) is 15.0. The molecule has 0 rings (SSSR count). The molecule has 37 heavy (non-hydrogen) atoms. The Labute approximate surface area is 213 Å². The third kappa shape index (κ3) is 34.4. The minimum Gasteiger partial charge on any atom is -0.344 e. The highest BCUT2D eigenvalue weighted by atomic mass is 31.2. The molecule has 0 unspecified atom stereocenters. The molecule has 25 N–H and O–H groups in total. The fraction of sp³-hybridized carbons (Fsp3) is 1.00. The molecule has 0 saturated heterocycles. The van der Waals surface area contributed by atoms with Crippen molar-refractivity contribution in [1.29, 1.82) is 0 Å². The van der Waals surface area contributed by atoms with Crippen LogP contribution in [0.1, 0.15) is 0 Å². The van der Waals surface area contributed by atoms with Crippen LogP contribution in [0.2, 0.25) is 0 Å². The van der Waals surface area contributed by atoms with E-state index in [4.69, 9.17) is 39.1 Å². The van der Waals surface area contributed by atoms with Crippen LogP contribution in [0.25, 0.3) is 0 Å². The van der Waals surface area contributed by atoms with E-state index < -0.39 is 95.6 Å². The van der Waals surface area contributed by atoms with Crippen LogP contribution in [-0.4, -0.2) is 121 Å². The quantitative estimate of drug-likeness (QED) is 0.0828. The molecule has 0 radical (unpaired) electrons. The number of hydrogen-bond acceptors (Lipinski definition) is 13. The van der Waals surface area contributed by atoms with Crippen LogP contribution in [0, 0.1) is 0 Å². The molecule has 0 heterocycles. The summed E-state index contributed by atoms with van der Waals surface area (Å²) < 4.78 is 56.1. The van der Waals surface area contributed by atoms with E-state index in [1.165, 1.54) is 0 Å². The van der Waals surface area contributed by atoms with Gasteiger partial charge in [0, 0.05) is 26.2 Å². The fourth-order valence-electron chi connectivity index (χ4n) is 2.49. The topological polar surface area (TPSA) is 472 Å². The van der Waals surface area contributed by atoms with Gasteiger partial charge in [-0.3, -0.25) is 37.5 Å². The standard InChI is InChI=1S/C9H28N3O15P5.5H3N/c13-28(14,15)5-10(1-3-11(6-29(16,17)18)7-30(19,20)21)2-4-12(8-31(22,23)24)9-32(25,26)27;;;;;/h1-9H2,(H2,13,14,15)(H2,16,17,18)(H2,19,20,21)(H2,22,23,24)(H2,25,26,27);5*1H3. The minimum atomic E-state index is -4.76. The predicted octanol–water partition coefficient (Wildman–Crippen LogP) is -1.62. The van der Waals surface area contributed by atoms with Gasteiger partial charge in [0.05, 0.1) is 0 Å². The van der Waals surface area contributed by atoms with Crippen molar-refractivity contribution in [3.63, 3.8) is 0 Å². The molecule has 0 aromatic rings. The van der Waals surface area contributed by atoms with E-state index in [9.17, 15) is 32.6 Å². The Kier molecular flexibility index (Phi) is 26.5. The zero-order valence-electron chi connectivity index (χ0n) is 20.0. The van der Waals surface area contributed by atoms with Crippen LogP contribution < -0.4 is 30.8 Å². The second-order valence-electron chi connectivity index (χ2n) is 6.94. The lowest BCUT2D eigenvalue weighted by Gasteiger charge is -2.30. The Bertz CT molecular complexity index is 734. The van der Waals surface area contributed by atoms with Crippen LogP contribution in [0.3, 0.4) is 0 Å². The largest absolute Gasteiger partial charge is 0.344 e. The molecule has 0 aromatic carbocycles. The summed E-state index contributed by atoms with van der Waals surface area (Å²) in [6, 6.07) is 0. The van der Waals surface area contributed by atoms with E-state index >= 15 is 0 Å². The molecule has 0 atom stereocenters. The first kappa shape index (κ1) is 50.3.